The molecular formula is C19H28ClN5O. The van der Waals surface area contributed by atoms with Gasteiger partial charge in [0.2, 0.25) is 0 Å². The Morgan fingerprint density at radius 3 is 2.58 bits per heavy atom. The minimum atomic E-state index is 0.236. The van der Waals surface area contributed by atoms with Crippen LogP contribution in [-0.4, -0.2) is 42.0 Å². The molecule has 0 aliphatic rings. The standard InChI is InChI=1S/C19H28ClN5O/c1-13(12-18-14(2)24-25(5)15(18)3)23-19(21-4)22-10-11-26-17-8-6-16(20)7-9-17/h6-9,13H,10-12H2,1-5H3,(H2,21,22,23). The van der Waals surface area contributed by atoms with Crippen LogP contribution in [0.2, 0.25) is 5.02 Å². The summed E-state index contributed by atoms with van der Waals surface area (Å²) in [6.45, 7) is 7.49. The van der Waals surface area contributed by atoms with Crippen molar-refractivity contribution in [3.05, 3.63) is 46.2 Å². The van der Waals surface area contributed by atoms with Crippen molar-refractivity contribution in [3.8, 4) is 5.75 Å². The van der Waals surface area contributed by atoms with Gasteiger partial charge in [0.15, 0.2) is 5.96 Å². The van der Waals surface area contributed by atoms with E-state index in [4.69, 9.17) is 16.3 Å². The van der Waals surface area contributed by atoms with E-state index in [0.29, 0.717) is 18.2 Å². The summed E-state index contributed by atoms with van der Waals surface area (Å²) in [4.78, 5) is 4.28. The molecule has 0 spiro atoms. The summed E-state index contributed by atoms with van der Waals surface area (Å²) in [6, 6.07) is 7.58. The number of nitrogens with one attached hydrogen (secondary N) is 2. The first-order valence-electron chi connectivity index (χ1n) is 8.75. The van der Waals surface area contributed by atoms with Crippen molar-refractivity contribution < 1.29 is 4.74 Å². The van der Waals surface area contributed by atoms with E-state index in [9.17, 15) is 0 Å². The molecule has 0 saturated carbocycles. The first kappa shape index (κ1) is 20.1. The Labute approximate surface area is 160 Å². The summed E-state index contributed by atoms with van der Waals surface area (Å²) in [5.41, 5.74) is 3.57. The monoisotopic (exact) mass is 377 g/mol. The summed E-state index contributed by atoms with van der Waals surface area (Å²) < 4.78 is 7.60. The van der Waals surface area contributed by atoms with Gasteiger partial charge in [-0.3, -0.25) is 9.67 Å². The third-order valence-corrected chi connectivity index (χ3v) is 4.50. The highest BCUT2D eigenvalue weighted by Gasteiger charge is 2.13. The van der Waals surface area contributed by atoms with Gasteiger partial charge >= 0.3 is 0 Å². The highest BCUT2D eigenvalue weighted by molar-refractivity contribution is 6.30. The highest BCUT2D eigenvalue weighted by atomic mass is 35.5. The van der Waals surface area contributed by atoms with Crippen molar-refractivity contribution in [2.45, 2.75) is 33.2 Å². The van der Waals surface area contributed by atoms with Crippen molar-refractivity contribution in [1.82, 2.24) is 20.4 Å². The Hall–Kier alpha value is -2.21. The molecule has 2 N–H and O–H groups in total. The van der Waals surface area contributed by atoms with Crippen LogP contribution < -0.4 is 15.4 Å². The largest absolute Gasteiger partial charge is 0.492 e. The number of halogens is 1. The molecule has 0 aliphatic carbocycles. The molecule has 6 nitrogen and oxygen atoms in total. The van der Waals surface area contributed by atoms with Crippen LogP contribution in [0.1, 0.15) is 23.9 Å². The Morgan fingerprint density at radius 2 is 2.00 bits per heavy atom. The van der Waals surface area contributed by atoms with E-state index >= 15 is 0 Å². The molecule has 0 bridgehead atoms. The fourth-order valence-corrected chi connectivity index (χ4v) is 2.89. The third-order valence-electron chi connectivity index (χ3n) is 4.25. The van der Waals surface area contributed by atoms with Crippen LogP contribution in [0.25, 0.3) is 0 Å². The minimum absolute atomic E-state index is 0.236. The van der Waals surface area contributed by atoms with Gasteiger partial charge in [-0.25, -0.2) is 0 Å². The van der Waals surface area contributed by atoms with E-state index in [1.54, 1.807) is 7.05 Å². The number of hydrogen-bond donors (Lipinski definition) is 2. The van der Waals surface area contributed by atoms with Crippen LogP contribution in [0.15, 0.2) is 29.3 Å². The number of aromatic nitrogens is 2. The van der Waals surface area contributed by atoms with E-state index in [-0.39, 0.29) is 6.04 Å². The molecule has 0 fully saturated rings. The van der Waals surface area contributed by atoms with Crippen molar-refractivity contribution in [2.75, 3.05) is 20.2 Å². The Balaban J connectivity index is 1.77. The summed E-state index contributed by atoms with van der Waals surface area (Å²) in [6.07, 6.45) is 0.896. The molecule has 7 heteroatoms. The second-order valence-electron chi connectivity index (χ2n) is 6.32. The Bertz CT molecular complexity index is 739. The van der Waals surface area contributed by atoms with Crippen LogP contribution in [0.5, 0.6) is 5.75 Å². The summed E-state index contributed by atoms with van der Waals surface area (Å²) in [5.74, 6) is 1.56. The molecule has 2 aromatic rings. The van der Waals surface area contributed by atoms with Crippen LogP contribution >= 0.6 is 11.6 Å². The lowest BCUT2D eigenvalue weighted by molar-refractivity contribution is 0.321. The molecule has 2 rings (SSSR count). The average Bonchev–Trinajstić information content (AvgIpc) is 2.85. The lowest BCUT2D eigenvalue weighted by Crippen LogP contribution is -2.44. The maximum absolute atomic E-state index is 5.86. The SMILES string of the molecule is CN=C(NCCOc1ccc(Cl)cc1)NC(C)Cc1c(C)nn(C)c1C. The maximum Gasteiger partial charge on any atom is 0.191 e. The maximum atomic E-state index is 5.86. The van der Waals surface area contributed by atoms with E-state index in [1.165, 1.54) is 11.3 Å². The lowest BCUT2D eigenvalue weighted by atomic mass is 10.1. The fourth-order valence-electron chi connectivity index (χ4n) is 2.77. The van der Waals surface area contributed by atoms with Gasteiger partial charge in [0.1, 0.15) is 12.4 Å². The van der Waals surface area contributed by atoms with Crippen molar-refractivity contribution in [3.63, 3.8) is 0 Å². The summed E-state index contributed by atoms with van der Waals surface area (Å²) >= 11 is 5.86. The van der Waals surface area contributed by atoms with Gasteiger partial charge in [0, 0.05) is 30.9 Å². The topological polar surface area (TPSA) is 63.5 Å². The molecular weight excluding hydrogens is 350 g/mol. The zero-order chi connectivity index (χ0) is 19.1. The second kappa shape index (κ2) is 9.48. The molecule has 1 heterocycles. The molecule has 26 heavy (non-hydrogen) atoms. The van der Waals surface area contributed by atoms with Crippen molar-refractivity contribution >= 4 is 17.6 Å². The Kier molecular flexibility index (Phi) is 7.33. The Morgan fingerprint density at radius 1 is 1.31 bits per heavy atom. The summed E-state index contributed by atoms with van der Waals surface area (Å²) in [5, 5.41) is 11.9. The highest BCUT2D eigenvalue weighted by Crippen LogP contribution is 2.15. The van der Waals surface area contributed by atoms with Gasteiger partial charge in [-0.05, 0) is 57.0 Å². The number of guanidine groups is 1. The number of nitrogens with zero attached hydrogens (tertiary/aromatic N) is 3. The van der Waals surface area contributed by atoms with Crippen molar-refractivity contribution in [2.24, 2.45) is 12.0 Å². The second-order valence-corrected chi connectivity index (χ2v) is 6.76. The molecule has 1 unspecified atom stereocenters. The van der Waals surface area contributed by atoms with Crippen LogP contribution in [0.4, 0.5) is 0 Å². The van der Waals surface area contributed by atoms with Gasteiger partial charge < -0.3 is 15.4 Å². The zero-order valence-electron chi connectivity index (χ0n) is 16.1. The van der Waals surface area contributed by atoms with E-state index < -0.39 is 0 Å². The van der Waals surface area contributed by atoms with Crippen molar-refractivity contribution in [1.29, 1.82) is 0 Å². The van der Waals surface area contributed by atoms with Gasteiger partial charge in [0.05, 0.1) is 12.2 Å². The minimum Gasteiger partial charge on any atom is -0.492 e. The first-order valence-corrected chi connectivity index (χ1v) is 9.13. The molecule has 0 amide bonds. The van der Waals surface area contributed by atoms with Crippen LogP contribution in [-0.2, 0) is 13.5 Å². The smallest absolute Gasteiger partial charge is 0.191 e. The fraction of sp³-hybridized carbons (Fsp3) is 0.474. The zero-order valence-corrected chi connectivity index (χ0v) is 16.9. The number of aryl methyl sites for hydroxylation is 2. The van der Waals surface area contributed by atoms with Gasteiger partial charge in [-0.15, -0.1) is 0 Å². The first-order chi connectivity index (χ1) is 12.4. The number of rotatable bonds is 7. The molecule has 1 aromatic heterocycles. The number of benzene rings is 1. The normalized spacial score (nSPS) is 12.8. The number of hydrogen-bond acceptors (Lipinski definition) is 3. The summed E-state index contributed by atoms with van der Waals surface area (Å²) in [7, 11) is 3.74. The van der Waals surface area contributed by atoms with Gasteiger partial charge in [-0.1, -0.05) is 11.6 Å². The van der Waals surface area contributed by atoms with E-state index in [0.717, 1.165) is 23.8 Å². The quantitative estimate of drug-likeness (QED) is 0.442. The van der Waals surface area contributed by atoms with E-state index in [2.05, 4.69) is 41.5 Å². The number of ether oxygens (including phenoxy) is 1. The van der Waals surface area contributed by atoms with Crippen LogP contribution in [0, 0.1) is 13.8 Å². The number of aliphatic imine (C=N–C) groups is 1. The molecule has 0 radical (unpaired) electrons. The average molecular weight is 378 g/mol. The molecule has 1 atom stereocenters. The molecule has 1 aromatic carbocycles. The van der Waals surface area contributed by atoms with Gasteiger partial charge in [0.25, 0.3) is 0 Å². The van der Waals surface area contributed by atoms with E-state index in [1.807, 2.05) is 36.0 Å². The van der Waals surface area contributed by atoms with Gasteiger partial charge in [-0.2, -0.15) is 5.10 Å². The molecule has 142 valence electrons. The van der Waals surface area contributed by atoms with Crippen LogP contribution in [0.3, 0.4) is 0 Å². The third kappa shape index (κ3) is 5.66. The molecule has 0 saturated heterocycles. The molecule has 0 aliphatic heterocycles. The lowest BCUT2D eigenvalue weighted by Gasteiger charge is -2.18. The predicted octanol–water partition coefficient (Wildman–Crippen LogP) is 2.87. The predicted molar refractivity (Wildman–Crippen MR) is 107 cm³/mol.